The van der Waals surface area contributed by atoms with Gasteiger partial charge in [0.15, 0.2) is 0 Å². The molecule has 12 heteroatoms. The highest BCUT2D eigenvalue weighted by atomic mass is 35.5. The molecule has 5 rings (SSSR count). The number of hydrogen-bond donors (Lipinski definition) is 3. The number of anilines is 2. The Labute approximate surface area is 243 Å². The van der Waals surface area contributed by atoms with Crippen molar-refractivity contribution in [1.29, 1.82) is 0 Å². The summed E-state index contributed by atoms with van der Waals surface area (Å²) in [5.41, 5.74) is 1.05. The van der Waals surface area contributed by atoms with Crippen LogP contribution in [0.5, 0.6) is 11.5 Å². The lowest BCUT2D eigenvalue weighted by Gasteiger charge is -2.22. The van der Waals surface area contributed by atoms with Crippen LogP contribution in [-0.2, 0) is 9.53 Å². The van der Waals surface area contributed by atoms with Crippen LogP contribution >= 0.6 is 23.2 Å². The van der Waals surface area contributed by atoms with Gasteiger partial charge in [0.05, 0.1) is 54.7 Å². The number of ether oxygens (including phenoxy) is 3. The molecule has 2 aliphatic rings. The first-order chi connectivity index (χ1) is 19.3. The number of aromatic nitrogens is 2. The molecule has 0 bridgehead atoms. The molecule has 3 N–H and O–H groups in total. The lowest BCUT2D eigenvalue weighted by atomic mass is 10.1. The quantitative estimate of drug-likeness (QED) is 0.317. The van der Waals surface area contributed by atoms with E-state index in [0.29, 0.717) is 57.7 Å². The molecule has 2 fully saturated rings. The van der Waals surface area contributed by atoms with Gasteiger partial charge >= 0.3 is 0 Å². The van der Waals surface area contributed by atoms with E-state index in [0.717, 1.165) is 30.3 Å². The van der Waals surface area contributed by atoms with Gasteiger partial charge in [0.1, 0.15) is 23.1 Å². The van der Waals surface area contributed by atoms with Crippen LogP contribution in [0.25, 0.3) is 22.0 Å². The molecule has 2 aliphatic heterocycles. The van der Waals surface area contributed by atoms with Crippen molar-refractivity contribution in [2.75, 3.05) is 58.2 Å². The smallest absolute Gasteiger partial charge is 0.243 e. The van der Waals surface area contributed by atoms with Crippen LogP contribution in [0.1, 0.15) is 6.42 Å². The van der Waals surface area contributed by atoms with Gasteiger partial charge in [-0.05, 0) is 31.7 Å². The number of methoxy groups -OCH3 is 2. The number of carbonyl (C=O) groups is 1. The van der Waals surface area contributed by atoms with E-state index in [-0.39, 0.29) is 24.0 Å². The number of nitrogens with zero attached hydrogens (tertiary/aromatic N) is 3. The number of halogens is 2. The summed E-state index contributed by atoms with van der Waals surface area (Å²) in [6, 6.07) is 5.48. The highest BCUT2D eigenvalue weighted by Gasteiger charge is 2.32. The molecule has 2 saturated heterocycles. The highest BCUT2D eigenvalue weighted by Crippen LogP contribution is 2.46. The lowest BCUT2D eigenvalue weighted by molar-refractivity contribution is -0.117. The number of benzene rings is 1. The minimum Gasteiger partial charge on any atom is -0.495 e. The number of likely N-dealkylation sites (N-methyl/N-ethyl adjacent to an activating group) is 1. The first-order valence-electron chi connectivity index (χ1n) is 12.9. The molecular formula is C28H32Cl2N6O4. The summed E-state index contributed by atoms with van der Waals surface area (Å²) in [7, 11) is 5.09. The molecule has 212 valence electrons. The van der Waals surface area contributed by atoms with Gasteiger partial charge in [0.25, 0.3) is 0 Å². The molecule has 10 nitrogen and oxygen atoms in total. The second kappa shape index (κ2) is 12.1. The molecule has 3 atom stereocenters. The van der Waals surface area contributed by atoms with Crippen LogP contribution in [0.2, 0.25) is 10.0 Å². The topological polar surface area (TPSA) is 110 Å². The van der Waals surface area contributed by atoms with E-state index in [1.165, 1.54) is 20.3 Å². The minimum absolute atomic E-state index is 0.0346. The van der Waals surface area contributed by atoms with E-state index in [4.69, 9.17) is 47.4 Å². The van der Waals surface area contributed by atoms with Gasteiger partial charge in [-0.3, -0.25) is 4.79 Å². The summed E-state index contributed by atoms with van der Waals surface area (Å²) >= 11 is 13.5. The van der Waals surface area contributed by atoms with E-state index in [9.17, 15) is 4.79 Å². The van der Waals surface area contributed by atoms with Gasteiger partial charge in [0, 0.05) is 48.3 Å². The molecule has 0 spiro atoms. The maximum absolute atomic E-state index is 12.0. The number of carbonyl (C=O) groups excluding carboxylic acids is 1. The molecular weight excluding hydrogens is 555 g/mol. The zero-order valence-electron chi connectivity index (χ0n) is 22.6. The number of pyridine rings is 2. The average molecular weight is 588 g/mol. The zero-order valence-corrected chi connectivity index (χ0v) is 24.1. The van der Waals surface area contributed by atoms with Crippen molar-refractivity contribution in [2.45, 2.75) is 24.5 Å². The molecule has 3 aromatic rings. The van der Waals surface area contributed by atoms with Crippen LogP contribution in [0.15, 0.2) is 37.1 Å². The summed E-state index contributed by atoms with van der Waals surface area (Å²) in [5.74, 6) is 1.98. The Kier molecular flexibility index (Phi) is 8.51. The van der Waals surface area contributed by atoms with Gasteiger partial charge in [-0.15, -0.1) is 0 Å². The Morgan fingerprint density at radius 3 is 2.50 bits per heavy atom. The number of likely N-dealkylation sites (tertiary alicyclic amines) is 1. The van der Waals surface area contributed by atoms with Gasteiger partial charge in [0.2, 0.25) is 5.91 Å². The van der Waals surface area contributed by atoms with E-state index in [2.05, 4.69) is 27.4 Å². The van der Waals surface area contributed by atoms with E-state index < -0.39 is 0 Å². The van der Waals surface area contributed by atoms with E-state index in [1.54, 1.807) is 12.3 Å². The molecule has 1 amide bonds. The van der Waals surface area contributed by atoms with Crippen molar-refractivity contribution in [3.63, 3.8) is 0 Å². The van der Waals surface area contributed by atoms with Gasteiger partial charge in [-0.1, -0.05) is 29.8 Å². The normalized spacial score (nSPS) is 20.9. The predicted molar refractivity (Wildman–Crippen MR) is 158 cm³/mol. The van der Waals surface area contributed by atoms with Crippen molar-refractivity contribution in [2.24, 2.45) is 0 Å². The Morgan fingerprint density at radius 1 is 1.12 bits per heavy atom. The summed E-state index contributed by atoms with van der Waals surface area (Å²) < 4.78 is 16.5. The number of rotatable bonds is 9. The van der Waals surface area contributed by atoms with Crippen molar-refractivity contribution < 1.29 is 19.0 Å². The SMILES string of the molecule is C=CC(=O)N[C@H]1CN(C)C[C@H]1Nc1cc2c(NC3CCOC3)nc(-c3c(Cl)c(OC)cc(OC)c3Cl)cc2cn1. The van der Waals surface area contributed by atoms with E-state index >= 15 is 0 Å². The fraction of sp³-hybridized carbons (Fsp3) is 0.393. The fourth-order valence-corrected chi connectivity index (χ4v) is 5.83. The van der Waals surface area contributed by atoms with Crippen LogP contribution in [0, 0.1) is 0 Å². The molecule has 0 aliphatic carbocycles. The van der Waals surface area contributed by atoms with Gasteiger partial charge in [-0.25, -0.2) is 9.97 Å². The predicted octanol–water partition coefficient (Wildman–Crippen LogP) is 4.22. The van der Waals surface area contributed by atoms with Crippen molar-refractivity contribution in [1.82, 2.24) is 20.2 Å². The molecule has 0 saturated carbocycles. The lowest BCUT2D eigenvalue weighted by Crippen LogP contribution is -2.45. The Morgan fingerprint density at radius 2 is 1.85 bits per heavy atom. The number of fused-ring (bicyclic) bond motifs is 1. The summed E-state index contributed by atoms with van der Waals surface area (Å²) in [6.45, 7) is 6.29. The first kappa shape index (κ1) is 28.2. The number of amides is 1. The first-order valence-corrected chi connectivity index (χ1v) is 13.7. The largest absolute Gasteiger partial charge is 0.495 e. The third kappa shape index (κ3) is 5.76. The standard InChI is InChI=1S/C28H32Cl2N6O4/c1-5-24(37)34-20-13-36(2)12-19(20)33-23-9-17-15(11-31-23)8-18(35-28(17)32-16-6-7-40-14-16)25-26(29)21(38-3)10-22(39-4)27(25)30/h5,8-11,16,19-20H,1,6-7,12-14H2,2-4H3,(H,31,33)(H,32,35)(H,34,37)/t16?,19-,20+/m1/s1. The third-order valence-electron chi connectivity index (χ3n) is 7.16. The van der Waals surface area contributed by atoms with Crippen molar-refractivity contribution in [3.8, 4) is 22.8 Å². The van der Waals surface area contributed by atoms with Crippen molar-refractivity contribution >= 4 is 51.5 Å². The number of nitrogens with one attached hydrogen (secondary N) is 3. The third-order valence-corrected chi connectivity index (χ3v) is 7.91. The molecule has 1 aromatic carbocycles. The Balaban J connectivity index is 1.56. The van der Waals surface area contributed by atoms with Crippen LogP contribution in [-0.4, -0.2) is 86.5 Å². The minimum atomic E-state index is -0.202. The van der Waals surface area contributed by atoms with Crippen molar-refractivity contribution in [3.05, 3.63) is 47.1 Å². The fourth-order valence-electron chi connectivity index (χ4n) is 5.14. The summed E-state index contributed by atoms with van der Waals surface area (Å²) in [4.78, 5) is 23.8. The van der Waals surface area contributed by atoms with Crippen LogP contribution in [0.3, 0.4) is 0 Å². The maximum Gasteiger partial charge on any atom is 0.243 e. The molecule has 40 heavy (non-hydrogen) atoms. The number of hydrogen-bond acceptors (Lipinski definition) is 9. The molecule has 2 aromatic heterocycles. The monoisotopic (exact) mass is 586 g/mol. The zero-order chi connectivity index (χ0) is 28.4. The Hall–Kier alpha value is -3.31. The summed E-state index contributed by atoms with van der Waals surface area (Å²) in [6.07, 6.45) is 3.93. The average Bonchev–Trinajstić information content (AvgIpc) is 3.58. The van der Waals surface area contributed by atoms with Gasteiger partial charge in [-0.2, -0.15) is 0 Å². The van der Waals surface area contributed by atoms with Gasteiger partial charge < -0.3 is 35.1 Å². The molecule has 4 heterocycles. The van der Waals surface area contributed by atoms with E-state index in [1.807, 2.05) is 19.2 Å². The molecule has 0 radical (unpaired) electrons. The highest BCUT2D eigenvalue weighted by molar-refractivity contribution is 6.41. The summed E-state index contributed by atoms with van der Waals surface area (Å²) in [5, 5.41) is 12.4. The van der Waals surface area contributed by atoms with Crippen LogP contribution < -0.4 is 25.4 Å². The second-order valence-electron chi connectivity index (χ2n) is 9.93. The maximum atomic E-state index is 12.0. The van der Waals surface area contributed by atoms with Crippen LogP contribution in [0.4, 0.5) is 11.6 Å². The molecule has 1 unspecified atom stereocenters. The second-order valence-corrected chi connectivity index (χ2v) is 10.7. The Bertz CT molecular complexity index is 1400.